The zero-order valence-corrected chi connectivity index (χ0v) is 12.7. The molecular weight excluding hydrogens is 258 g/mol. The molecule has 0 atom stereocenters. The molecule has 4 nitrogen and oxygen atoms in total. The fraction of sp³-hybridized carbons (Fsp3) is 0.429. The van der Waals surface area contributed by atoms with E-state index in [0.717, 1.165) is 11.3 Å². The van der Waals surface area contributed by atoms with E-state index in [1.807, 2.05) is 57.1 Å². The predicted octanol–water partition coefficient (Wildman–Crippen LogP) is 1.62. The lowest BCUT2D eigenvalue weighted by Crippen LogP contribution is -2.40. The third kappa shape index (κ3) is 4.21. The van der Waals surface area contributed by atoms with Crippen molar-refractivity contribution in [2.45, 2.75) is 19.9 Å². The quantitative estimate of drug-likeness (QED) is 0.832. The van der Waals surface area contributed by atoms with Gasteiger partial charge in [0.25, 0.3) is 0 Å². The molecule has 19 heavy (non-hydrogen) atoms. The molecule has 0 heterocycles. The largest absolute Gasteiger partial charge is 0.389 e. The van der Waals surface area contributed by atoms with E-state index in [9.17, 15) is 4.79 Å². The molecule has 0 aliphatic rings. The molecule has 0 saturated heterocycles. The molecule has 0 spiro atoms. The number of thiocarbonyl (C=S) groups is 1. The van der Waals surface area contributed by atoms with E-state index < -0.39 is 0 Å². The van der Waals surface area contributed by atoms with Gasteiger partial charge in [-0.3, -0.25) is 4.79 Å². The predicted molar refractivity (Wildman–Crippen MR) is 83.5 cm³/mol. The summed E-state index contributed by atoms with van der Waals surface area (Å²) in [5.41, 5.74) is 7.35. The van der Waals surface area contributed by atoms with Crippen molar-refractivity contribution in [1.29, 1.82) is 0 Å². The number of amides is 1. The van der Waals surface area contributed by atoms with Gasteiger partial charge >= 0.3 is 0 Å². The summed E-state index contributed by atoms with van der Waals surface area (Å²) in [5, 5.41) is 0. The number of nitrogens with zero attached hydrogens (tertiary/aromatic N) is 2. The molecule has 1 rings (SSSR count). The van der Waals surface area contributed by atoms with Crippen LogP contribution < -0.4 is 10.6 Å². The van der Waals surface area contributed by atoms with Gasteiger partial charge in [0, 0.05) is 31.4 Å². The Kier molecular flexibility index (Phi) is 5.30. The Morgan fingerprint density at radius 3 is 2.53 bits per heavy atom. The van der Waals surface area contributed by atoms with E-state index in [4.69, 9.17) is 18.0 Å². The summed E-state index contributed by atoms with van der Waals surface area (Å²) < 4.78 is 0. The van der Waals surface area contributed by atoms with Crippen LogP contribution in [0, 0.1) is 0 Å². The average molecular weight is 279 g/mol. The highest BCUT2D eigenvalue weighted by molar-refractivity contribution is 7.80. The van der Waals surface area contributed by atoms with Crippen molar-refractivity contribution < 1.29 is 4.79 Å². The first-order valence-electron chi connectivity index (χ1n) is 6.19. The maximum atomic E-state index is 12.0. The van der Waals surface area contributed by atoms with Gasteiger partial charge in [0.2, 0.25) is 5.91 Å². The second-order valence-corrected chi connectivity index (χ2v) is 5.31. The van der Waals surface area contributed by atoms with Crippen LogP contribution in [0.25, 0.3) is 0 Å². The third-order valence-electron chi connectivity index (χ3n) is 3.11. The first-order valence-corrected chi connectivity index (χ1v) is 6.60. The Balaban J connectivity index is 2.78. The number of carbonyl (C=O) groups is 1. The van der Waals surface area contributed by atoms with Crippen LogP contribution >= 0.6 is 12.2 Å². The standard InChI is InChI=1S/C14H21N3OS/c1-10(2)17(4)13(18)9-16(3)12-7-5-6-11(8-12)14(15)19/h5-8,10H,9H2,1-4H3,(H2,15,19). The molecule has 2 N–H and O–H groups in total. The van der Waals surface area contributed by atoms with Gasteiger partial charge in [0.15, 0.2) is 0 Å². The third-order valence-corrected chi connectivity index (χ3v) is 3.35. The summed E-state index contributed by atoms with van der Waals surface area (Å²) in [6, 6.07) is 7.78. The van der Waals surface area contributed by atoms with Crippen molar-refractivity contribution in [2.24, 2.45) is 5.73 Å². The first-order chi connectivity index (χ1) is 8.82. The Morgan fingerprint density at radius 2 is 2.00 bits per heavy atom. The lowest BCUT2D eigenvalue weighted by Gasteiger charge is -2.26. The van der Waals surface area contributed by atoms with Crippen LogP contribution in [-0.2, 0) is 4.79 Å². The van der Waals surface area contributed by atoms with E-state index in [0.29, 0.717) is 11.5 Å². The molecule has 1 amide bonds. The monoisotopic (exact) mass is 279 g/mol. The number of nitrogens with two attached hydrogens (primary N) is 1. The normalized spacial score (nSPS) is 10.4. The summed E-state index contributed by atoms with van der Waals surface area (Å²) in [4.78, 5) is 16.0. The number of anilines is 1. The molecule has 0 bridgehead atoms. The number of carbonyl (C=O) groups excluding carboxylic acids is 1. The second kappa shape index (κ2) is 6.52. The van der Waals surface area contributed by atoms with E-state index in [1.165, 1.54) is 0 Å². The Morgan fingerprint density at radius 1 is 1.37 bits per heavy atom. The van der Waals surface area contributed by atoms with Crippen LogP contribution in [-0.4, -0.2) is 42.5 Å². The van der Waals surface area contributed by atoms with Crippen molar-refractivity contribution in [2.75, 3.05) is 25.5 Å². The van der Waals surface area contributed by atoms with Crippen LogP contribution in [0.1, 0.15) is 19.4 Å². The lowest BCUT2D eigenvalue weighted by atomic mass is 10.2. The summed E-state index contributed by atoms with van der Waals surface area (Å²) in [5.74, 6) is 0.0817. The van der Waals surface area contributed by atoms with E-state index >= 15 is 0 Å². The summed E-state index contributed by atoms with van der Waals surface area (Å²) in [6.45, 7) is 4.31. The van der Waals surface area contributed by atoms with Crippen molar-refractivity contribution in [3.05, 3.63) is 29.8 Å². The van der Waals surface area contributed by atoms with Gasteiger partial charge in [-0.15, -0.1) is 0 Å². The van der Waals surface area contributed by atoms with Crippen LogP contribution in [0.2, 0.25) is 0 Å². The molecule has 5 heteroatoms. The Labute approximate surface area is 120 Å². The van der Waals surface area contributed by atoms with E-state index in [2.05, 4.69) is 0 Å². The summed E-state index contributed by atoms with van der Waals surface area (Å²) in [7, 11) is 3.69. The Bertz CT molecular complexity index is 474. The highest BCUT2D eigenvalue weighted by Gasteiger charge is 2.14. The maximum absolute atomic E-state index is 12.0. The van der Waals surface area contributed by atoms with Crippen molar-refractivity contribution in [1.82, 2.24) is 4.90 Å². The van der Waals surface area contributed by atoms with E-state index in [-0.39, 0.29) is 11.9 Å². The van der Waals surface area contributed by atoms with Crippen molar-refractivity contribution in [3.63, 3.8) is 0 Å². The van der Waals surface area contributed by atoms with Crippen LogP contribution in [0.3, 0.4) is 0 Å². The topological polar surface area (TPSA) is 49.6 Å². The fourth-order valence-electron chi connectivity index (χ4n) is 1.59. The zero-order valence-electron chi connectivity index (χ0n) is 11.9. The van der Waals surface area contributed by atoms with Gasteiger partial charge in [-0.25, -0.2) is 0 Å². The van der Waals surface area contributed by atoms with E-state index in [1.54, 1.807) is 4.90 Å². The molecule has 0 aromatic heterocycles. The number of benzene rings is 1. The van der Waals surface area contributed by atoms with Gasteiger partial charge < -0.3 is 15.5 Å². The minimum atomic E-state index is 0.0817. The lowest BCUT2D eigenvalue weighted by molar-refractivity contribution is -0.129. The minimum absolute atomic E-state index is 0.0817. The molecule has 0 saturated carbocycles. The van der Waals surface area contributed by atoms with Crippen LogP contribution in [0.4, 0.5) is 5.69 Å². The fourth-order valence-corrected chi connectivity index (χ4v) is 1.72. The maximum Gasteiger partial charge on any atom is 0.242 e. The molecule has 0 fully saturated rings. The van der Waals surface area contributed by atoms with Gasteiger partial charge in [-0.2, -0.15) is 0 Å². The molecular formula is C14H21N3OS. The molecule has 1 aromatic rings. The van der Waals surface area contributed by atoms with Crippen LogP contribution in [0.15, 0.2) is 24.3 Å². The number of hydrogen-bond acceptors (Lipinski definition) is 3. The SMILES string of the molecule is CC(C)N(C)C(=O)CN(C)c1cccc(C(N)=S)c1. The second-order valence-electron chi connectivity index (χ2n) is 4.87. The molecule has 0 unspecified atom stereocenters. The van der Waals surface area contributed by atoms with Gasteiger partial charge in [0.1, 0.15) is 4.99 Å². The molecule has 0 aliphatic heterocycles. The summed E-state index contributed by atoms with van der Waals surface area (Å²) in [6.07, 6.45) is 0. The highest BCUT2D eigenvalue weighted by atomic mass is 32.1. The number of likely N-dealkylation sites (N-methyl/N-ethyl adjacent to an activating group) is 2. The zero-order chi connectivity index (χ0) is 14.6. The van der Waals surface area contributed by atoms with Crippen LogP contribution in [0.5, 0.6) is 0 Å². The first kappa shape index (κ1) is 15.4. The average Bonchev–Trinajstić information content (AvgIpc) is 2.37. The smallest absolute Gasteiger partial charge is 0.242 e. The van der Waals surface area contributed by atoms with Gasteiger partial charge in [-0.05, 0) is 26.0 Å². The van der Waals surface area contributed by atoms with Crippen molar-refractivity contribution in [3.8, 4) is 0 Å². The molecule has 1 aromatic carbocycles. The van der Waals surface area contributed by atoms with Gasteiger partial charge in [-0.1, -0.05) is 24.4 Å². The van der Waals surface area contributed by atoms with Gasteiger partial charge in [0.05, 0.1) is 6.54 Å². The summed E-state index contributed by atoms with van der Waals surface area (Å²) >= 11 is 4.96. The molecule has 0 aliphatic carbocycles. The molecule has 104 valence electrons. The minimum Gasteiger partial charge on any atom is -0.389 e. The van der Waals surface area contributed by atoms with Crippen molar-refractivity contribution >= 4 is 28.8 Å². The molecule has 0 radical (unpaired) electrons. The number of rotatable bonds is 5. The highest BCUT2D eigenvalue weighted by Crippen LogP contribution is 2.15. The number of hydrogen-bond donors (Lipinski definition) is 1. The Hall–Kier alpha value is -1.62.